The van der Waals surface area contributed by atoms with Gasteiger partial charge in [-0.3, -0.25) is 0 Å². The van der Waals surface area contributed by atoms with Crippen LogP contribution in [0.1, 0.15) is 36.7 Å². The van der Waals surface area contributed by atoms with E-state index in [4.69, 9.17) is 9.94 Å². The third kappa shape index (κ3) is 2.96. The first-order chi connectivity index (χ1) is 9.42. The summed E-state index contributed by atoms with van der Waals surface area (Å²) < 4.78 is 5.41. The summed E-state index contributed by atoms with van der Waals surface area (Å²) in [4.78, 5) is 12.2. The highest BCUT2D eigenvalue weighted by Gasteiger charge is 2.19. The smallest absolute Gasteiger partial charge is 0.339 e. The van der Waals surface area contributed by atoms with Crippen molar-refractivity contribution in [1.82, 2.24) is 0 Å². The number of carbonyl (C=O) groups excluding carboxylic acids is 1. The number of hydrogen-bond donors (Lipinski definition) is 1. The van der Waals surface area contributed by atoms with Gasteiger partial charge in [0.05, 0.1) is 11.8 Å². The van der Waals surface area contributed by atoms with Gasteiger partial charge in [0.1, 0.15) is 5.60 Å². The standard InChI is InChI=1S/C16H17NO3/c1-16(2,3)20-15(18)14-9-5-7-12-11(10-17-19)6-4-8-13(12)14/h4-10,19H,1-3H3. The van der Waals surface area contributed by atoms with Crippen LogP contribution in [-0.2, 0) is 4.74 Å². The van der Waals surface area contributed by atoms with Crippen molar-refractivity contribution >= 4 is 23.0 Å². The Morgan fingerprint density at radius 1 is 1.15 bits per heavy atom. The van der Waals surface area contributed by atoms with Gasteiger partial charge in [-0.25, -0.2) is 4.79 Å². The molecule has 0 aliphatic heterocycles. The van der Waals surface area contributed by atoms with Crippen molar-refractivity contribution in [1.29, 1.82) is 0 Å². The monoisotopic (exact) mass is 271 g/mol. The van der Waals surface area contributed by atoms with E-state index >= 15 is 0 Å². The molecule has 0 aliphatic rings. The van der Waals surface area contributed by atoms with Crippen LogP contribution < -0.4 is 0 Å². The molecular weight excluding hydrogens is 254 g/mol. The zero-order chi connectivity index (χ0) is 14.8. The zero-order valence-corrected chi connectivity index (χ0v) is 11.8. The molecule has 0 saturated heterocycles. The van der Waals surface area contributed by atoms with E-state index in [-0.39, 0.29) is 5.97 Å². The van der Waals surface area contributed by atoms with Crippen LogP contribution in [0.4, 0.5) is 0 Å². The highest BCUT2D eigenvalue weighted by Crippen LogP contribution is 2.23. The molecule has 0 heterocycles. The molecule has 0 fully saturated rings. The van der Waals surface area contributed by atoms with Gasteiger partial charge in [-0.05, 0) is 37.6 Å². The number of esters is 1. The molecule has 0 bridgehead atoms. The second-order valence-electron chi connectivity index (χ2n) is 5.49. The molecular formula is C16H17NO3. The average Bonchev–Trinajstić information content (AvgIpc) is 2.37. The van der Waals surface area contributed by atoms with Gasteiger partial charge < -0.3 is 9.94 Å². The molecule has 20 heavy (non-hydrogen) atoms. The van der Waals surface area contributed by atoms with Crippen LogP contribution in [-0.4, -0.2) is 23.0 Å². The highest BCUT2D eigenvalue weighted by atomic mass is 16.6. The predicted octanol–water partition coefficient (Wildman–Crippen LogP) is 3.60. The second kappa shape index (κ2) is 5.33. The molecule has 0 radical (unpaired) electrons. The van der Waals surface area contributed by atoms with Crippen molar-refractivity contribution in [3.8, 4) is 0 Å². The molecule has 4 heteroatoms. The lowest BCUT2D eigenvalue weighted by Gasteiger charge is -2.20. The average molecular weight is 271 g/mol. The van der Waals surface area contributed by atoms with Crippen molar-refractivity contribution in [2.75, 3.05) is 0 Å². The third-order valence-electron chi connectivity index (χ3n) is 2.77. The van der Waals surface area contributed by atoms with Gasteiger partial charge in [-0.1, -0.05) is 35.5 Å². The molecule has 2 rings (SSSR count). The summed E-state index contributed by atoms with van der Waals surface area (Å²) in [5, 5.41) is 13.4. The normalized spacial score (nSPS) is 11.9. The van der Waals surface area contributed by atoms with E-state index in [2.05, 4.69) is 5.16 Å². The van der Waals surface area contributed by atoms with Gasteiger partial charge >= 0.3 is 5.97 Å². The maximum Gasteiger partial charge on any atom is 0.339 e. The molecule has 0 aromatic heterocycles. The molecule has 0 atom stereocenters. The molecule has 1 N–H and O–H groups in total. The summed E-state index contributed by atoms with van der Waals surface area (Å²) in [6.07, 6.45) is 1.35. The number of ether oxygens (including phenoxy) is 1. The Balaban J connectivity index is 2.56. The Hall–Kier alpha value is -2.36. The Kier molecular flexibility index (Phi) is 3.74. The summed E-state index contributed by atoms with van der Waals surface area (Å²) in [6.45, 7) is 5.50. The third-order valence-corrected chi connectivity index (χ3v) is 2.77. The first kappa shape index (κ1) is 14.1. The number of carbonyl (C=O) groups is 1. The summed E-state index contributed by atoms with van der Waals surface area (Å²) in [5.41, 5.74) is 0.713. The fourth-order valence-corrected chi connectivity index (χ4v) is 2.02. The van der Waals surface area contributed by atoms with Gasteiger partial charge in [-0.2, -0.15) is 0 Å². The van der Waals surface area contributed by atoms with Gasteiger partial charge in [0.2, 0.25) is 0 Å². The minimum Gasteiger partial charge on any atom is -0.456 e. The van der Waals surface area contributed by atoms with E-state index < -0.39 is 5.60 Å². The number of nitrogens with zero attached hydrogens (tertiary/aromatic N) is 1. The van der Waals surface area contributed by atoms with Crippen molar-refractivity contribution in [3.05, 3.63) is 47.5 Å². The fourth-order valence-electron chi connectivity index (χ4n) is 2.02. The molecule has 4 nitrogen and oxygen atoms in total. The lowest BCUT2D eigenvalue weighted by molar-refractivity contribution is 0.00719. The Morgan fingerprint density at radius 3 is 2.45 bits per heavy atom. The van der Waals surface area contributed by atoms with Gasteiger partial charge in [0, 0.05) is 5.56 Å². The molecule has 0 spiro atoms. The summed E-state index contributed by atoms with van der Waals surface area (Å²) in [6, 6.07) is 10.9. The van der Waals surface area contributed by atoms with Crippen LogP contribution in [0, 0.1) is 0 Å². The maximum atomic E-state index is 12.2. The van der Waals surface area contributed by atoms with Gasteiger partial charge in [-0.15, -0.1) is 0 Å². The molecule has 0 aliphatic carbocycles. The van der Waals surface area contributed by atoms with Crippen LogP contribution in [0.25, 0.3) is 10.8 Å². The van der Waals surface area contributed by atoms with E-state index in [1.54, 1.807) is 12.1 Å². The molecule has 104 valence electrons. The maximum absolute atomic E-state index is 12.2. The topological polar surface area (TPSA) is 58.9 Å². The summed E-state index contributed by atoms with van der Waals surface area (Å²) in [7, 11) is 0. The largest absolute Gasteiger partial charge is 0.456 e. The van der Waals surface area contributed by atoms with Crippen molar-refractivity contribution in [3.63, 3.8) is 0 Å². The first-order valence-corrected chi connectivity index (χ1v) is 6.35. The van der Waals surface area contributed by atoms with Crippen molar-refractivity contribution in [2.45, 2.75) is 26.4 Å². The van der Waals surface area contributed by atoms with Crippen LogP contribution in [0.2, 0.25) is 0 Å². The Labute approximate surface area is 117 Å². The molecule has 2 aromatic carbocycles. The predicted molar refractivity (Wildman–Crippen MR) is 78.5 cm³/mol. The number of benzene rings is 2. The van der Waals surface area contributed by atoms with Crippen LogP contribution in [0.3, 0.4) is 0 Å². The fraction of sp³-hybridized carbons (Fsp3) is 0.250. The second-order valence-corrected chi connectivity index (χ2v) is 5.49. The van der Waals surface area contributed by atoms with Crippen molar-refractivity contribution < 1.29 is 14.7 Å². The van der Waals surface area contributed by atoms with E-state index in [0.717, 1.165) is 16.3 Å². The number of fused-ring (bicyclic) bond motifs is 1. The Bertz CT molecular complexity index is 669. The Morgan fingerprint density at radius 2 is 1.80 bits per heavy atom. The number of rotatable bonds is 2. The molecule has 0 unspecified atom stereocenters. The molecule has 0 saturated carbocycles. The van der Waals surface area contributed by atoms with E-state index in [1.165, 1.54) is 6.21 Å². The van der Waals surface area contributed by atoms with Crippen LogP contribution >= 0.6 is 0 Å². The summed E-state index contributed by atoms with van der Waals surface area (Å²) in [5.74, 6) is -0.360. The number of hydrogen-bond acceptors (Lipinski definition) is 4. The highest BCUT2D eigenvalue weighted by molar-refractivity contribution is 6.09. The van der Waals surface area contributed by atoms with E-state index in [0.29, 0.717) is 5.56 Å². The minimum atomic E-state index is -0.538. The van der Waals surface area contributed by atoms with E-state index in [9.17, 15) is 4.79 Å². The van der Waals surface area contributed by atoms with Gasteiger partial charge in [0.15, 0.2) is 0 Å². The summed E-state index contributed by atoms with van der Waals surface area (Å²) >= 11 is 0. The first-order valence-electron chi connectivity index (χ1n) is 6.35. The molecule has 0 amide bonds. The van der Waals surface area contributed by atoms with Crippen LogP contribution in [0.5, 0.6) is 0 Å². The zero-order valence-electron chi connectivity index (χ0n) is 11.8. The number of oxime groups is 1. The molecule has 2 aromatic rings. The van der Waals surface area contributed by atoms with Crippen molar-refractivity contribution in [2.24, 2.45) is 5.16 Å². The minimum absolute atomic E-state index is 0.360. The quantitative estimate of drug-likeness (QED) is 0.393. The lowest BCUT2D eigenvalue weighted by atomic mass is 10.0. The van der Waals surface area contributed by atoms with E-state index in [1.807, 2.05) is 45.0 Å². The SMILES string of the molecule is CC(C)(C)OC(=O)c1cccc2c(C=NO)cccc12. The van der Waals surface area contributed by atoms with Gasteiger partial charge in [0.25, 0.3) is 0 Å². The van der Waals surface area contributed by atoms with Crippen LogP contribution in [0.15, 0.2) is 41.6 Å². The lowest BCUT2D eigenvalue weighted by Crippen LogP contribution is -2.24.